The van der Waals surface area contributed by atoms with Crippen molar-refractivity contribution in [3.05, 3.63) is 65.7 Å². The van der Waals surface area contributed by atoms with Gasteiger partial charge in [0.05, 0.1) is 18.0 Å². The van der Waals surface area contributed by atoms with E-state index in [1.807, 2.05) is 37.3 Å². The van der Waals surface area contributed by atoms with E-state index in [2.05, 4.69) is 35.5 Å². The first-order valence-corrected chi connectivity index (χ1v) is 10.9. The molecule has 0 spiro atoms. The van der Waals surface area contributed by atoms with Crippen molar-refractivity contribution >= 4 is 10.0 Å². The summed E-state index contributed by atoms with van der Waals surface area (Å²) in [4.78, 5) is 0.263. The molecule has 0 aromatic heterocycles. The van der Waals surface area contributed by atoms with Gasteiger partial charge in [-0.15, -0.1) is 11.8 Å². The van der Waals surface area contributed by atoms with E-state index in [0.717, 1.165) is 24.0 Å². The lowest BCUT2D eigenvalue weighted by atomic mass is 10.2. The third-order valence-electron chi connectivity index (χ3n) is 4.08. The second kappa shape index (κ2) is 11.8. The Morgan fingerprint density at radius 3 is 2.17 bits per heavy atom. The average Bonchev–Trinajstić information content (AvgIpc) is 2.73. The molecule has 2 rings (SSSR count). The summed E-state index contributed by atoms with van der Waals surface area (Å²) in [5, 5.41) is 0. The highest BCUT2D eigenvalue weighted by Gasteiger charge is 2.22. The molecule has 0 aliphatic rings. The number of unbranched alkanes of at least 4 members (excludes halogenated alkanes) is 2. The van der Waals surface area contributed by atoms with Crippen molar-refractivity contribution in [3.63, 3.8) is 0 Å². The number of aryl methyl sites for hydroxylation is 1. The first-order valence-electron chi connectivity index (χ1n) is 9.50. The van der Waals surface area contributed by atoms with Crippen LogP contribution in [-0.2, 0) is 10.0 Å². The quantitative estimate of drug-likeness (QED) is 0.535. The minimum absolute atomic E-state index is 0.126. The predicted octanol–water partition coefficient (Wildman–Crippen LogP) is 4.23. The molecular formula is C25H25NO2S. The van der Waals surface area contributed by atoms with E-state index in [9.17, 15) is 8.42 Å². The molecule has 0 amide bonds. The Kier molecular flexibility index (Phi) is 9.07. The Labute approximate surface area is 175 Å². The third kappa shape index (κ3) is 7.52. The molecule has 0 radical (unpaired) electrons. The van der Waals surface area contributed by atoms with Gasteiger partial charge in [0.1, 0.15) is 0 Å². The summed E-state index contributed by atoms with van der Waals surface area (Å²) in [7, 11) is -3.62. The summed E-state index contributed by atoms with van der Waals surface area (Å²) in [5.41, 5.74) is 2.02. The van der Waals surface area contributed by atoms with Gasteiger partial charge >= 0.3 is 0 Å². The summed E-state index contributed by atoms with van der Waals surface area (Å²) in [5.74, 6) is 17.9. The standard InChI is InChI=1S/C25H25NO2S/c1-3-4-21-26(29(27,28)25-19-17-23(2)18-20-25)22-13-8-6-5-7-10-14-24-15-11-9-12-16-24/h9,11-12,15-20H,5-7,21-22H2,1-2H3. The summed E-state index contributed by atoms with van der Waals surface area (Å²) >= 11 is 0. The molecule has 0 heterocycles. The highest BCUT2D eigenvalue weighted by Crippen LogP contribution is 2.15. The van der Waals surface area contributed by atoms with Gasteiger partial charge in [0, 0.05) is 18.4 Å². The van der Waals surface area contributed by atoms with Crippen LogP contribution in [0.3, 0.4) is 0 Å². The van der Waals surface area contributed by atoms with Crippen LogP contribution in [0.2, 0.25) is 0 Å². The van der Waals surface area contributed by atoms with Crippen LogP contribution in [0.15, 0.2) is 59.5 Å². The largest absolute Gasteiger partial charge is 0.244 e. The zero-order chi connectivity index (χ0) is 21.0. The second-order valence-electron chi connectivity index (χ2n) is 6.39. The van der Waals surface area contributed by atoms with Crippen LogP contribution in [0.1, 0.15) is 37.3 Å². The molecule has 0 unspecified atom stereocenters. The fourth-order valence-corrected chi connectivity index (χ4v) is 3.68. The van der Waals surface area contributed by atoms with Gasteiger partial charge in [-0.25, -0.2) is 8.42 Å². The molecule has 2 aromatic rings. The van der Waals surface area contributed by atoms with E-state index >= 15 is 0 Å². The Balaban J connectivity index is 1.91. The van der Waals surface area contributed by atoms with Crippen LogP contribution in [-0.4, -0.2) is 25.8 Å². The van der Waals surface area contributed by atoms with E-state index in [1.54, 1.807) is 31.2 Å². The molecule has 29 heavy (non-hydrogen) atoms. The first kappa shape index (κ1) is 22.3. The van der Waals surface area contributed by atoms with Gasteiger partial charge in [0.2, 0.25) is 10.0 Å². The minimum atomic E-state index is -3.62. The highest BCUT2D eigenvalue weighted by atomic mass is 32.2. The maximum atomic E-state index is 12.9. The number of sulfonamides is 1. The lowest BCUT2D eigenvalue weighted by molar-refractivity contribution is 0.482. The van der Waals surface area contributed by atoms with E-state index in [4.69, 9.17) is 0 Å². The van der Waals surface area contributed by atoms with E-state index in [0.29, 0.717) is 6.42 Å². The van der Waals surface area contributed by atoms with E-state index < -0.39 is 10.0 Å². The second-order valence-corrected chi connectivity index (χ2v) is 8.33. The van der Waals surface area contributed by atoms with Crippen molar-refractivity contribution in [1.29, 1.82) is 0 Å². The first-order chi connectivity index (χ1) is 14.0. The van der Waals surface area contributed by atoms with Crippen molar-refractivity contribution in [2.24, 2.45) is 0 Å². The SMILES string of the molecule is CC#CCN(CC#CCCCC#Cc1ccccc1)S(=O)(=O)c1ccc(C)cc1. The van der Waals surface area contributed by atoms with E-state index in [1.165, 1.54) is 4.31 Å². The van der Waals surface area contributed by atoms with Gasteiger partial charge in [-0.1, -0.05) is 59.6 Å². The van der Waals surface area contributed by atoms with Crippen LogP contribution in [0.25, 0.3) is 0 Å². The molecule has 148 valence electrons. The van der Waals surface area contributed by atoms with Gasteiger partial charge in [-0.2, -0.15) is 4.31 Å². The smallest absolute Gasteiger partial charge is 0.207 e. The van der Waals surface area contributed by atoms with Gasteiger partial charge < -0.3 is 0 Å². The fraction of sp³-hybridized carbons (Fsp3) is 0.280. The highest BCUT2D eigenvalue weighted by molar-refractivity contribution is 7.89. The number of nitrogens with zero attached hydrogens (tertiary/aromatic N) is 1. The molecular weight excluding hydrogens is 378 g/mol. The number of hydrogen-bond acceptors (Lipinski definition) is 2. The van der Waals surface area contributed by atoms with Crippen LogP contribution in [0.5, 0.6) is 0 Å². The van der Waals surface area contributed by atoms with Gasteiger partial charge in [0.25, 0.3) is 0 Å². The van der Waals surface area contributed by atoms with Gasteiger partial charge in [-0.3, -0.25) is 0 Å². The molecule has 4 heteroatoms. The van der Waals surface area contributed by atoms with Crippen molar-refractivity contribution in [3.8, 4) is 35.5 Å². The Morgan fingerprint density at radius 2 is 1.48 bits per heavy atom. The summed E-state index contributed by atoms with van der Waals surface area (Å²) in [6.45, 7) is 3.87. The van der Waals surface area contributed by atoms with Crippen molar-refractivity contribution < 1.29 is 8.42 Å². The third-order valence-corrected chi connectivity index (χ3v) is 5.89. The zero-order valence-electron chi connectivity index (χ0n) is 16.9. The Morgan fingerprint density at radius 1 is 0.828 bits per heavy atom. The minimum Gasteiger partial charge on any atom is -0.207 e. The van der Waals surface area contributed by atoms with Crippen molar-refractivity contribution in [1.82, 2.24) is 4.31 Å². The monoisotopic (exact) mass is 403 g/mol. The molecule has 0 aliphatic heterocycles. The van der Waals surface area contributed by atoms with Crippen molar-refractivity contribution in [2.45, 2.75) is 38.0 Å². The molecule has 0 N–H and O–H groups in total. The van der Waals surface area contributed by atoms with Crippen LogP contribution in [0.4, 0.5) is 0 Å². The molecule has 0 fully saturated rings. The molecule has 3 nitrogen and oxygen atoms in total. The normalized spacial score (nSPS) is 10.2. The summed E-state index contributed by atoms with van der Waals surface area (Å²) in [6, 6.07) is 16.7. The molecule has 0 aliphatic carbocycles. The van der Waals surface area contributed by atoms with Gasteiger partial charge in [-0.05, 0) is 44.5 Å². The maximum Gasteiger partial charge on any atom is 0.244 e. The Hall–Kier alpha value is -2.97. The molecule has 0 atom stereocenters. The van der Waals surface area contributed by atoms with Crippen molar-refractivity contribution in [2.75, 3.05) is 13.1 Å². The zero-order valence-corrected chi connectivity index (χ0v) is 17.7. The summed E-state index contributed by atoms with van der Waals surface area (Å²) in [6.07, 6.45) is 2.30. The van der Waals surface area contributed by atoms with Crippen LogP contribution in [0, 0.1) is 42.4 Å². The topological polar surface area (TPSA) is 37.4 Å². The number of benzene rings is 2. The maximum absolute atomic E-state index is 12.9. The number of hydrogen-bond donors (Lipinski definition) is 0. The summed E-state index contributed by atoms with van der Waals surface area (Å²) < 4.78 is 27.0. The van der Waals surface area contributed by atoms with Crippen LogP contribution < -0.4 is 0 Å². The molecule has 0 saturated carbocycles. The number of rotatable bonds is 6. The lowest BCUT2D eigenvalue weighted by Crippen LogP contribution is -2.32. The predicted molar refractivity (Wildman–Crippen MR) is 118 cm³/mol. The molecule has 0 saturated heterocycles. The Bertz CT molecular complexity index is 1070. The van der Waals surface area contributed by atoms with Crippen LogP contribution >= 0.6 is 0 Å². The average molecular weight is 404 g/mol. The molecule has 2 aromatic carbocycles. The lowest BCUT2D eigenvalue weighted by Gasteiger charge is -2.17. The fourth-order valence-electron chi connectivity index (χ4n) is 2.44. The van der Waals surface area contributed by atoms with E-state index in [-0.39, 0.29) is 18.0 Å². The molecule has 0 bridgehead atoms. The van der Waals surface area contributed by atoms with Gasteiger partial charge in [0.15, 0.2) is 0 Å².